The Labute approximate surface area is 246 Å². The summed E-state index contributed by atoms with van der Waals surface area (Å²) in [5.74, 6) is -2.55. The highest BCUT2D eigenvalue weighted by molar-refractivity contribution is 8.09. The van der Waals surface area contributed by atoms with Gasteiger partial charge in [-0.25, -0.2) is 21.8 Å². The molecule has 0 radical (unpaired) electrons. The van der Waals surface area contributed by atoms with Gasteiger partial charge in [0.1, 0.15) is 0 Å². The summed E-state index contributed by atoms with van der Waals surface area (Å²) in [6.45, 7) is -0.129. The number of halogens is 4. The number of rotatable bonds is 10. The van der Waals surface area contributed by atoms with Gasteiger partial charge in [0.25, 0.3) is 5.91 Å². The fourth-order valence-corrected chi connectivity index (χ4v) is 7.26. The molecule has 2 aromatic rings. The van der Waals surface area contributed by atoms with Gasteiger partial charge in [-0.15, -0.1) is 0 Å². The van der Waals surface area contributed by atoms with Crippen molar-refractivity contribution in [2.24, 2.45) is 0 Å². The molecule has 17 heteroatoms. The van der Waals surface area contributed by atoms with E-state index in [1.807, 2.05) is 0 Å². The first-order chi connectivity index (χ1) is 19.3. The number of carbonyl (C=O) groups excluding carboxylic acids is 2. The van der Waals surface area contributed by atoms with Crippen LogP contribution < -0.4 is 15.4 Å². The van der Waals surface area contributed by atoms with Gasteiger partial charge in [-0.1, -0.05) is 23.7 Å². The second-order valence-corrected chi connectivity index (χ2v) is 15.5. The zero-order valence-electron chi connectivity index (χ0n) is 22.9. The summed E-state index contributed by atoms with van der Waals surface area (Å²) in [5, 5.41) is 5.81. The van der Waals surface area contributed by atoms with Gasteiger partial charge >= 0.3 is 12.1 Å². The lowest BCUT2D eigenvalue weighted by Crippen LogP contribution is -2.52. The molecule has 0 bridgehead atoms. The molecule has 0 fully saturated rings. The van der Waals surface area contributed by atoms with E-state index in [0.29, 0.717) is 16.3 Å². The van der Waals surface area contributed by atoms with Crippen molar-refractivity contribution in [2.45, 2.75) is 36.6 Å². The first-order valence-corrected chi connectivity index (χ1v) is 16.6. The van der Waals surface area contributed by atoms with Gasteiger partial charge in [0.2, 0.25) is 5.88 Å². The van der Waals surface area contributed by atoms with E-state index in [0.717, 1.165) is 35.5 Å². The highest BCUT2D eigenvalue weighted by atomic mass is 35.5. The fraction of sp³-hybridized carbons (Fsp3) is 0.480. The van der Waals surface area contributed by atoms with Gasteiger partial charge in [-0.2, -0.15) is 13.2 Å². The highest BCUT2D eigenvalue weighted by Gasteiger charge is 2.46. The van der Waals surface area contributed by atoms with Gasteiger partial charge in [0, 0.05) is 44.4 Å². The second kappa shape index (κ2) is 12.6. The molecule has 0 unspecified atom stereocenters. The maximum absolute atomic E-state index is 12.9. The average molecular weight is 655 g/mol. The van der Waals surface area contributed by atoms with E-state index in [9.17, 15) is 39.6 Å². The standard InChI is InChI=1S/C25H30ClF3N4O7S2/c1-24(41(2,36)37,42(3,38)39)15-32-20(34)14-40-21-7-4-16(12-30-21)13-31-22-18-9-11-33(23(35)25(27,28)29)10-8-17(18)5-6-19(22)26/h4-7,12,31H,8-11,13-15H2,1-3H3,(H,32,34). The first kappa shape index (κ1) is 33.4. The summed E-state index contributed by atoms with van der Waals surface area (Å²) in [6.07, 6.45) is -1.52. The van der Waals surface area contributed by atoms with Crippen molar-refractivity contribution in [1.82, 2.24) is 15.2 Å². The van der Waals surface area contributed by atoms with E-state index >= 15 is 0 Å². The lowest BCUT2D eigenvalue weighted by atomic mass is 10.0. The molecule has 1 aliphatic rings. The SMILES string of the molecule is CC(CNC(=O)COc1ccc(CNc2c(Cl)ccc3c2CCN(C(=O)C(F)(F)F)CC3)cn1)(S(C)(=O)=O)S(C)(=O)=O. The second-order valence-electron chi connectivity index (χ2n) is 9.95. The maximum Gasteiger partial charge on any atom is 0.471 e. The molecule has 2 amide bonds. The fourth-order valence-electron chi connectivity index (χ4n) is 4.15. The number of anilines is 1. The van der Waals surface area contributed by atoms with Gasteiger partial charge in [-0.3, -0.25) is 9.59 Å². The summed E-state index contributed by atoms with van der Waals surface area (Å²) in [4.78, 5) is 28.8. The third-order valence-corrected chi connectivity index (χ3v) is 12.5. The summed E-state index contributed by atoms with van der Waals surface area (Å²) in [7, 11) is -8.13. The number of hydrogen-bond donors (Lipinski definition) is 2. The maximum atomic E-state index is 12.9. The van der Waals surface area contributed by atoms with Gasteiger partial charge in [0.05, 0.1) is 17.3 Å². The predicted octanol–water partition coefficient (Wildman–Crippen LogP) is 2.14. The number of benzene rings is 1. The molecule has 3 rings (SSSR count). The predicted molar refractivity (Wildman–Crippen MR) is 150 cm³/mol. The van der Waals surface area contributed by atoms with E-state index in [1.54, 1.807) is 18.2 Å². The van der Waals surface area contributed by atoms with E-state index in [2.05, 4.69) is 15.6 Å². The minimum atomic E-state index is -4.94. The van der Waals surface area contributed by atoms with Crippen molar-refractivity contribution >= 4 is 48.8 Å². The van der Waals surface area contributed by atoms with Crippen LogP contribution in [0, 0.1) is 0 Å². The number of carbonyl (C=O) groups is 2. The third-order valence-electron chi connectivity index (χ3n) is 6.96. The smallest absolute Gasteiger partial charge is 0.468 e. The largest absolute Gasteiger partial charge is 0.471 e. The Hall–Kier alpha value is -3.11. The molecular formula is C25H30ClF3N4O7S2. The van der Waals surface area contributed by atoms with Crippen molar-refractivity contribution < 1.29 is 44.3 Å². The molecule has 0 saturated carbocycles. The molecule has 0 spiro atoms. The van der Waals surface area contributed by atoms with Crippen LogP contribution in [0.4, 0.5) is 18.9 Å². The van der Waals surface area contributed by atoms with Gasteiger partial charge in [-0.05, 0) is 42.5 Å². The number of ether oxygens (including phenoxy) is 1. The van der Waals surface area contributed by atoms with Crippen LogP contribution in [0.2, 0.25) is 5.02 Å². The number of alkyl halides is 3. The monoisotopic (exact) mass is 654 g/mol. The van der Waals surface area contributed by atoms with Crippen molar-refractivity contribution in [3.8, 4) is 5.88 Å². The summed E-state index contributed by atoms with van der Waals surface area (Å²) < 4.78 is 89.9. The van der Waals surface area contributed by atoms with Crippen LogP contribution in [0.15, 0.2) is 30.5 Å². The van der Waals surface area contributed by atoms with Crippen molar-refractivity contribution in [2.75, 3.05) is 44.1 Å². The summed E-state index contributed by atoms with van der Waals surface area (Å²) in [5.41, 5.74) is 2.73. The minimum Gasteiger partial charge on any atom is -0.468 e. The number of hydrogen-bond acceptors (Lipinski definition) is 9. The third kappa shape index (κ3) is 7.83. The molecule has 232 valence electrons. The van der Waals surface area contributed by atoms with E-state index in [1.165, 1.54) is 12.3 Å². The summed E-state index contributed by atoms with van der Waals surface area (Å²) in [6, 6.07) is 6.50. The van der Waals surface area contributed by atoms with Crippen molar-refractivity contribution in [1.29, 1.82) is 0 Å². The van der Waals surface area contributed by atoms with Crippen LogP contribution in [0.25, 0.3) is 0 Å². The molecule has 2 N–H and O–H groups in total. The Balaban J connectivity index is 1.58. The molecule has 1 aromatic heterocycles. The first-order valence-electron chi connectivity index (χ1n) is 12.5. The van der Waals surface area contributed by atoms with E-state index in [4.69, 9.17) is 16.3 Å². The molecule has 1 aromatic carbocycles. The Morgan fingerprint density at radius 2 is 1.69 bits per heavy atom. The van der Waals surface area contributed by atoms with Crippen LogP contribution in [-0.4, -0.2) is 87.5 Å². The van der Waals surface area contributed by atoms with E-state index in [-0.39, 0.29) is 38.4 Å². The molecule has 1 aliphatic heterocycles. The minimum absolute atomic E-state index is 0.0649. The Kier molecular flexibility index (Phi) is 10.0. The molecule has 0 atom stereocenters. The summed E-state index contributed by atoms with van der Waals surface area (Å²) >= 11 is 6.39. The average Bonchev–Trinajstić information content (AvgIpc) is 3.11. The number of aromatic nitrogens is 1. The quantitative estimate of drug-likeness (QED) is 0.393. The zero-order valence-corrected chi connectivity index (χ0v) is 25.3. The topological polar surface area (TPSA) is 152 Å². The highest BCUT2D eigenvalue weighted by Crippen LogP contribution is 2.33. The van der Waals surface area contributed by atoms with Crippen LogP contribution in [0.5, 0.6) is 5.88 Å². The van der Waals surface area contributed by atoms with E-state index < -0.39 is 54.9 Å². The van der Waals surface area contributed by atoms with Crippen LogP contribution in [0.3, 0.4) is 0 Å². The van der Waals surface area contributed by atoms with Crippen LogP contribution >= 0.6 is 11.6 Å². The molecule has 42 heavy (non-hydrogen) atoms. The lowest BCUT2D eigenvalue weighted by molar-refractivity contribution is -0.185. The van der Waals surface area contributed by atoms with Gasteiger partial charge in [0.15, 0.2) is 30.4 Å². The van der Waals surface area contributed by atoms with Crippen LogP contribution in [0.1, 0.15) is 23.6 Å². The number of amides is 2. The lowest BCUT2D eigenvalue weighted by Gasteiger charge is -2.25. The Bertz CT molecular complexity index is 1520. The number of nitrogens with one attached hydrogen (secondary N) is 2. The van der Waals surface area contributed by atoms with Crippen molar-refractivity contribution in [3.63, 3.8) is 0 Å². The normalized spacial score (nSPS) is 14.5. The van der Waals surface area contributed by atoms with Crippen molar-refractivity contribution in [3.05, 3.63) is 52.2 Å². The number of sulfone groups is 2. The molecule has 0 aliphatic carbocycles. The number of nitrogens with zero attached hydrogens (tertiary/aromatic N) is 2. The number of fused-ring (bicyclic) bond motifs is 1. The molecule has 2 heterocycles. The van der Waals surface area contributed by atoms with Crippen LogP contribution in [-0.2, 0) is 48.6 Å². The number of pyridine rings is 1. The molecule has 0 saturated heterocycles. The Morgan fingerprint density at radius 3 is 2.26 bits per heavy atom. The molecular weight excluding hydrogens is 625 g/mol. The zero-order chi connectivity index (χ0) is 31.5. The van der Waals surface area contributed by atoms with Gasteiger partial charge < -0.3 is 20.3 Å². The molecule has 11 nitrogen and oxygen atoms in total. The Morgan fingerprint density at radius 1 is 1.05 bits per heavy atom.